The van der Waals surface area contributed by atoms with Crippen molar-refractivity contribution in [3.8, 4) is 5.75 Å². The number of carbonyl (C=O) groups is 1. The molecule has 0 atom stereocenters. The van der Waals surface area contributed by atoms with Gasteiger partial charge in [-0.3, -0.25) is 4.79 Å². The van der Waals surface area contributed by atoms with E-state index < -0.39 is 0 Å². The van der Waals surface area contributed by atoms with E-state index in [0.29, 0.717) is 13.1 Å². The minimum atomic E-state index is 0. The van der Waals surface area contributed by atoms with Gasteiger partial charge in [-0.05, 0) is 24.3 Å². The van der Waals surface area contributed by atoms with Crippen molar-refractivity contribution in [3.05, 3.63) is 24.3 Å². The molecule has 1 aliphatic heterocycles. The summed E-state index contributed by atoms with van der Waals surface area (Å²) in [5.74, 6) is 0.279. The molecule has 1 saturated heterocycles. The first kappa shape index (κ1) is 17.8. The lowest BCUT2D eigenvalue weighted by atomic mass is 10.2. The largest absolute Gasteiger partial charge is 0.508 e. The highest BCUT2D eigenvalue weighted by molar-refractivity contribution is 5.85. The third-order valence-corrected chi connectivity index (χ3v) is 3.02. The molecule has 0 spiro atoms. The van der Waals surface area contributed by atoms with Crippen LogP contribution in [0.5, 0.6) is 5.75 Å². The number of halogens is 2. The minimum Gasteiger partial charge on any atom is -0.508 e. The summed E-state index contributed by atoms with van der Waals surface area (Å²) < 4.78 is 0. The topological polar surface area (TPSA) is 69.8 Å². The van der Waals surface area contributed by atoms with Crippen molar-refractivity contribution in [2.75, 3.05) is 37.6 Å². The van der Waals surface area contributed by atoms with Crippen LogP contribution in [0.4, 0.5) is 5.69 Å². The van der Waals surface area contributed by atoms with Crippen molar-refractivity contribution in [2.24, 2.45) is 5.73 Å². The average molecular weight is 308 g/mol. The highest BCUT2D eigenvalue weighted by atomic mass is 35.5. The zero-order chi connectivity index (χ0) is 12.3. The molecule has 0 saturated carbocycles. The normalized spacial score (nSPS) is 14.4. The molecule has 108 valence electrons. The number of phenolic OH excluding ortho intramolecular Hbond substituents is 1. The molecular formula is C12H19Cl2N3O2. The lowest BCUT2D eigenvalue weighted by molar-refractivity contribution is -0.129. The van der Waals surface area contributed by atoms with Gasteiger partial charge in [-0.15, -0.1) is 24.8 Å². The van der Waals surface area contributed by atoms with Gasteiger partial charge in [-0.1, -0.05) is 0 Å². The minimum absolute atomic E-state index is 0. The number of carbonyl (C=O) groups excluding carboxylic acids is 1. The first-order chi connectivity index (χ1) is 8.20. The molecule has 7 heteroatoms. The second-order valence-electron chi connectivity index (χ2n) is 4.09. The molecule has 0 unspecified atom stereocenters. The van der Waals surface area contributed by atoms with Crippen molar-refractivity contribution in [2.45, 2.75) is 0 Å². The molecule has 0 aromatic heterocycles. The molecule has 5 nitrogen and oxygen atoms in total. The number of amides is 1. The Morgan fingerprint density at radius 1 is 1.11 bits per heavy atom. The first-order valence-corrected chi connectivity index (χ1v) is 5.72. The van der Waals surface area contributed by atoms with Gasteiger partial charge in [0, 0.05) is 31.9 Å². The second kappa shape index (κ2) is 8.09. The van der Waals surface area contributed by atoms with E-state index >= 15 is 0 Å². The summed E-state index contributed by atoms with van der Waals surface area (Å²) in [5, 5.41) is 9.22. The van der Waals surface area contributed by atoms with Crippen LogP contribution >= 0.6 is 24.8 Å². The lowest BCUT2D eigenvalue weighted by Gasteiger charge is -2.36. The number of nitrogens with zero attached hydrogens (tertiary/aromatic N) is 2. The molecule has 1 aromatic rings. The van der Waals surface area contributed by atoms with Crippen molar-refractivity contribution in [1.29, 1.82) is 0 Å². The Labute approximate surface area is 125 Å². The monoisotopic (exact) mass is 307 g/mol. The van der Waals surface area contributed by atoms with Crippen LogP contribution in [0.1, 0.15) is 0 Å². The summed E-state index contributed by atoms with van der Waals surface area (Å²) in [4.78, 5) is 15.4. The van der Waals surface area contributed by atoms with Crippen LogP contribution in [0.3, 0.4) is 0 Å². The maximum Gasteiger partial charge on any atom is 0.236 e. The predicted octanol–water partition coefficient (Wildman–Crippen LogP) is 0.843. The van der Waals surface area contributed by atoms with Crippen molar-refractivity contribution < 1.29 is 9.90 Å². The van der Waals surface area contributed by atoms with Crippen LogP contribution in [0.2, 0.25) is 0 Å². The highest BCUT2D eigenvalue weighted by Crippen LogP contribution is 2.19. The quantitative estimate of drug-likeness (QED) is 0.849. The van der Waals surface area contributed by atoms with E-state index in [1.54, 1.807) is 17.0 Å². The number of hydrogen-bond acceptors (Lipinski definition) is 4. The van der Waals surface area contributed by atoms with Gasteiger partial charge in [-0.2, -0.15) is 0 Å². The van der Waals surface area contributed by atoms with Crippen LogP contribution < -0.4 is 10.6 Å². The smallest absolute Gasteiger partial charge is 0.236 e. The van der Waals surface area contributed by atoms with E-state index in [9.17, 15) is 9.90 Å². The summed E-state index contributed by atoms with van der Waals surface area (Å²) in [6.45, 7) is 3.10. The lowest BCUT2D eigenvalue weighted by Crippen LogP contribution is -2.50. The first-order valence-electron chi connectivity index (χ1n) is 5.72. The van der Waals surface area contributed by atoms with Crippen molar-refractivity contribution in [1.82, 2.24) is 4.90 Å². The zero-order valence-electron chi connectivity index (χ0n) is 10.5. The number of nitrogens with two attached hydrogens (primary N) is 1. The molecule has 0 aliphatic carbocycles. The number of hydrogen-bond donors (Lipinski definition) is 2. The maximum absolute atomic E-state index is 11.4. The van der Waals surface area contributed by atoms with Crippen molar-refractivity contribution >= 4 is 36.4 Å². The molecule has 1 amide bonds. The Kier molecular flexibility index (Phi) is 7.59. The van der Waals surface area contributed by atoms with Crippen LogP contribution in [0, 0.1) is 0 Å². The van der Waals surface area contributed by atoms with E-state index in [0.717, 1.165) is 18.8 Å². The number of piperazine rings is 1. The Bertz CT molecular complexity index is 392. The Morgan fingerprint density at radius 3 is 2.11 bits per heavy atom. The fraction of sp³-hybridized carbons (Fsp3) is 0.417. The van der Waals surface area contributed by atoms with Crippen LogP contribution in [-0.2, 0) is 4.79 Å². The third kappa shape index (κ3) is 4.45. The molecule has 0 radical (unpaired) electrons. The molecule has 1 heterocycles. The van der Waals surface area contributed by atoms with Crippen LogP contribution in [0.25, 0.3) is 0 Å². The number of rotatable bonds is 2. The number of anilines is 1. The summed E-state index contributed by atoms with van der Waals surface area (Å²) in [6.07, 6.45) is 0. The zero-order valence-corrected chi connectivity index (χ0v) is 12.1. The van der Waals surface area contributed by atoms with E-state index in [4.69, 9.17) is 5.73 Å². The highest BCUT2D eigenvalue weighted by Gasteiger charge is 2.19. The molecule has 2 rings (SSSR count). The Balaban J connectivity index is 0.00000162. The molecule has 1 aliphatic rings. The summed E-state index contributed by atoms with van der Waals surface area (Å²) in [6, 6.07) is 7.12. The van der Waals surface area contributed by atoms with E-state index in [1.807, 2.05) is 12.1 Å². The standard InChI is InChI=1S/C12H17N3O2.2ClH/c13-9-12(17)15-7-5-14(6-8-15)10-1-3-11(16)4-2-10;;/h1-4,16H,5-9,13H2;2*1H. The fourth-order valence-corrected chi connectivity index (χ4v) is 2.01. The van der Waals surface area contributed by atoms with E-state index in [2.05, 4.69) is 4.90 Å². The SMILES string of the molecule is Cl.Cl.NCC(=O)N1CCN(c2ccc(O)cc2)CC1. The van der Waals surface area contributed by atoms with Gasteiger partial charge in [0.1, 0.15) is 5.75 Å². The van der Waals surface area contributed by atoms with Crippen LogP contribution in [-0.4, -0.2) is 48.6 Å². The molecule has 3 N–H and O–H groups in total. The molecular weight excluding hydrogens is 289 g/mol. The summed E-state index contributed by atoms with van der Waals surface area (Å²) >= 11 is 0. The number of phenols is 1. The second-order valence-corrected chi connectivity index (χ2v) is 4.09. The predicted molar refractivity (Wildman–Crippen MR) is 80.5 cm³/mol. The Morgan fingerprint density at radius 2 is 1.63 bits per heavy atom. The number of aromatic hydroxyl groups is 1. The van der Waals surface area contributed by atoms with Gasteiger partial charge in [0.2, 0.25) is 5.91 Å². The molecule has 19 heavy (non-hydrogen) atoms. The summed E-state index contributed by atoms with van der Waals surface area (Å²) in [5.41, 5.74) is 6.40. The van der Waals surface area contributed by atoms with Crippen LogP contribution in [0.15, 0.2) is 24.3 Å². The Hall–Kier alpha value is -1.17. The average Bonchev–Trinajstić information content (AvgIpc) is 2.39. The van der Waals surface area contributed by atoms with Gasteiger partial charge >= 0.3 is 0 Å². The van der Waals surface area contributed by atoms with Gasteiger partial charge < -0.3 is 20.6 Å². The maximum atomic E-state index is 11.4. The summed E-state index contributed by atoms with van der Waals surface area (Å²) in [7, 11) is 0. The molecule has 0 bridgehead atoms. The third-order valence-electron chi connectivity index (χ3n) is 3.02. The van der Waals surface area contributed by atoms with Gasteiger partial charge in [0.05, 0.1) is 6.54 Å². The van der Waals surface area contributed by atoms with Gasteiger partial charge in [0.15, 0.2) is 0 Å². The number of benzene rings is 1. The van der Waals surface area contributed by atoms with E-state index in [1.165, 1.54) is 0 Å². The van der Waals surface area contributed by atoms with Gasteiger partial charge in [-0.25, -0.2) is 0 Å². The molecule has 1 aromatic carbocycles. The van der Waals surface area contributed by atoms with E-state index in [-0.39, 0.29) is 43.0 Å². The fourth-order valence-electron chi connectivity index (χ4n) is 2.01. The molecule has 1 fully saturated rings. The van der Waals surface area contributed by atoms with Gasteiger partial charge in [0.25, 0.3) is 0 Å². The van der Waals surface area contributed by atoms with Crippen molar-refractivity contribution in [3.63, 3.8) is 0 Å².